The highest BCUT2D eigenvalue weighted by Crippen LogP contribution is 2.32. The van der Waals surface area contributed by atoms with E-state index in [1.807, 2.05) is 28.5 Å². The molecule has 1 aliphatic rings. The van der Waals surface area contributed by atoms with E-state index < -0.39 is 0 Å². The lowest BCUT2D eigenvalue weighted by Crippen LogP contribution is -2.32. The number of nitrogens with zero attached hydrogens (tertiary/aromatic N) is 1. The summed E-state index contributed by atoms with van der Waals surface area (Å²) >= 11 is 4.90. The maximum Gasteiger partial charge on any atom is 0.265 e. The molecule has 2 aromatic heterocycles. The first-order valence-electron chi connectivity index (χ1n) is 5.82. The standard InChI is InChI=1S/C13H12BrNO2S/c14-11-5-7-18-12(11)13(16)15(9-3-4-9)8-10-2-1-6-17-10/h1-2,5-7,9H,3-4,8H2. The molecular weight excluding hydrogens is 314 g/mol. The minimum absolute atomic E-state index is 0.0933. The molecule has 0 aliphatic heterocycles. The van der Waals surface area contributed by atoms with Crippen LogP contribution in [0.1, 0.15) is 28.3 Å². The van der Waals surface area contributed by atoms with Crippen LogP contribution in [0.2, 0.25) is 0 Å². The van der Waals surface area contributed by atoms with Crippen LogP contribution in [0, 0.1) is 0 Å². The van der Waals surface area contributed by atoms with Crippen molar-refractivity contribution in [1.29, 1.82) is 0 Å². The summed E-state index contributed by atoms with van der Waals surface area (Å²) in [6, 6.07) is 6.05. The molecule has 2 heterocycles. The third kappa shape index (κ3) is 2.37. The SMILES string of the molecule is O=C(c1sccc1Br)N(Cc1ccco1)C1CC1. The van der Waals surface area contributed by atoms with Crippen LogP contribution in [-0.4, -0.2) is 16.8 Å². The highest BCUT2D eigenvalue weighted by atomic mass is 79.9. The van der Waals surface area contributed by atoms with Crippen LogP contribution in [0.5, 0.6) is 0 Å². The smallest absolute Gasteiger partial charge is 0.265 e. The molecule has 18 heavy (non-hydrogen) atoms. The van der Waals surface area contributed by atoms with E-state index in [0.29, 0.717) is 12.6 Å². The van der Waals surface area contributed by atoms with E-state index in [9.17, 15) is 4.79 Å². The highest BCUT2D eigenvalue weighted by Gasteiger charge is 2.34. The second kappa shape index (κ2) is 4.90. The van der Waals surface area contributed by atoms with Crippen LogP contribution in [0.3, 0.4) is 0 Å². The molecular formula is C13H12BrNO2S. The Morgan fingerprint density at radius 3 is 2.89 bits per heavy atom. The van der Waals surface area contributed by atoms with Gasteiger partial charge in [0.25, 0.3) is 5.91 Å². The van der Waals surface area contributed by atoms with Gasteiger partial charge in [0.15, 0.2) is 0 Å². The van der Waals surface area contributed by atoms with Gasteiger partial charge in [-0.3, -0.25) is 4.79 Å². The molecule has 0 spiro atoms. The molecule has 1 fully saturated rings. The number of hydrogen-bond acceptors (Lipinski definition) is 3. The first-order valence-corrected chi connectivity index (χ1v) is 7.49. The van der Waals surface area contributed by atoms with Crippen molar-refractivity contribution in [3.8, 4) is 0 Å². The summed E-state index contributed by atoms with van der Waals surface area (Å²) < 4.78 is 6.21. The summed E-state index contributed by atoms with van der Waals surface area (Å²) in [7, 11) is 0. The van der Waals surface area contributed by atoms with E-state index in [2.05, 4.69) is 15.9 Å². The molecule has 0 unspecified atom stereocenters. The van der Waals surface area contributed by atoms with Gasteiger partial charge < -0.3 is 9.32 Å². The maximum atomic E-state index is 12.5. The van der Waals surface area contributed by atoms with Crippen molar-refractivity contribution in [2.75, 3.05) is 0 Å². The molecule has 0 saturated heterocycles. The highest BCUT2D eigenvalue weighted by molar-refractivity contribution is 9.10. The van der Waals surface area contributed by atoms with E-state index in [0.717, 1.165) is 28.0 Å². The van der Waals surface area contributed by atoms with Crippen LogP contribution in [0.4, 0.5) is 0 Å². The molecule has 3 rings (SSSR count). The number of thiophene rings is 1. The van der Waals surface area contributed by atoms with Crippen LogP contribution >= 0.6 is 27.3 Å². The molecule has 0 aromatic carbocycles. The van der Waals surface area contributed by atoms with Crippen molar-refractivity contribution in [3.05, 3.63) is 45.0 Å². The lowest BCUT2D eigenvalue weighted by molar-refractivity contribution is 0.0721. The number of rotatable bonds is 4. The minimum Gasteiger partial charge on any atom is -0.467 e. The Morgan fingerprint density at radius 2 is 2.33 bits per heavy atom. The lowest BCUT2D eigenvalue weighted by atomic mass is 10.3. The zero-order chi connectivity index (χ0) is 12.5. The number of furan rings is 1. The summed E-state index contributed by atoms with van der Waals surface area (Å²) in [4.78, 5) is 15.2. The van der Waals surface area contributed by atoms with Crippen LogP contribution in [-0.2, 0) is 6.54 Å². The van der Waals surface area contributed by atoms with Gasteiger partial charge in [0, 0.05) is 10.5 Å². The Bertz CT molecular complexity index is 545. The van der Waals surface area contributed by atoms with E-state index in [1.54, 1.807) is 6.26 Å². The Morgan fingerprint density at radius 1 is 1.50 bits per heavy atom. The van der Waals surface area contributed by atoms with Crippen molar-refractivity contribution in [3.63, 3.8) is 0 Å². The monoisotopic (exact) mass is 325 g/mol. The summed E-state index contributed by atoms with van der Waals surface area (Å²) in [5.41, 5.74) is 0. The number of carbonyl (C=O) groups excluding carboxylic acids is 1. The second-order valence-electron chi connectivity index (χ2n) is 4.34. The van der Waals surface area contributed by atoms with Crippen LogP contribution in [0.25, 0.3) is 0 Å². The van der Waals surface area contributed by atoms with Gasteiger partial charge in [-0.2, -0.15) is 0 Å². The molecule has 1 aliphatic carbocycles. The Kier molecular flexibility index (Phi) is 3.26. The van der Waals surface area contributed by atoms with Crippen LogP contribution in [0.15, 0.2) is 38.7 Å². The fourth-order valence-electron chi connectivity index (χ4n) is 1.90. The van der Waals surface area contributed by atoms with E-state index in [4.69, 9.17) is 4.42 Å². The minimum atomic E-state index is 0.0933. The maximum absolute atomic E-state index is 12.5. The van der Waals surface area contributed by atoms with E-state index in [-0.39, 0.29) is 5.91 Å². The topological polar surface area (TPSA) is 33.5 Å². The van der Waals surface area contributed by atoms with Crippen molar-refractivity contribution in [2.24, 2.45) is 0 Å². The number of halogens is 1. The lowest BCUT2D eigenvalue weighted by Gasteiger charge is -2.20. The molecule has 1 amide bonds. The molecule has 0 radical (unpaired) electrons. The molecule has 0 N–H and O–H groups in total. The first-order chi connectivity index (χ1) is 8.75. The number of amides is 1. The zero-order valence-corrected chi connectivity index (χ0v) is 12.0. The average Bonchev–Trinajstić information content (AvgIpc) is 2.89. The molecule has 0 atom stereocenters. The van der Waals surface area contributed by atoms with Gasteiger partial charge in [-0.1, -0.05) is 0 Å². The number of carbonyl (C=O) groups is 1. The van der Waals surface area contributed by atoms with E-state index in [1.165, 1.54) is 11.3 Å². The van der Waals surface area contributed by atoms with Gasteiger partial charge in [-0.25, -0.2) is 0 Å². The van der Waals surface area contributed by atoms with Crippen molar-refractivity contribution in [2.45, 2.75) is 25.4 Å². The van der Waals surface area contributed by atoms with Gasteiger partial charge in [0.1, 0.15) is 10.6 Å². The van der Waals surface area contributed by atoms with Crippen molar-refractivity contribution < 1.29 is 9.21 Å². The summed E-state index contributed by atoms with van der Waals surface area (Å²) in [6.45, 7) is 0.556. The van der Waals surface area contributed by atoms with Crippen molar-refractivity contribution >= 4 is 33.2 Å². The quantitative estimate of drug-likeness (QED) is 0.853. The van der Waals surface area contributed by atoms with Gasteiger partial charge in [-0.05, 0) is 52.4 Å². The molecule has 5 heteroatoms. The Labute approximate surface area is 118 Å². The summed E-state index contributed by atoms with van der Waals surface area (Å²) in [5.74, 6) is 0.929. The number of hydrogen-bond donors (Lipinski definition) is 0. The third-order valence-electron chi connectivity index (χ3n) is 2.97. The summed E-state index contributed by atoms with van der Waals surface area (Å²) in [6.07, 6.45) is 3.83. The van der Waals surface area contributed by atoms with Gasteiger partial charge >= 0.3 is 0 Å². The second-order valence-corrected chi connectivity index (χ2v) is 6.11. The fourth-order valence-corrected chi connectivity index (χ4v) is 3.40. The normalized spacial score (nSPS) is 14.7. The zero-order valence-electron chi connectivity index (χ0n) is 9.64. The third-order valence-corrected chi connectivity index (χ3v) is 4.79. The molecule has 94 valence electrons. The molecule has 0 bridgehead atoms. The Balaban J connectivity index is 1.82. The van der Waals surface area contributed by atoms with Crippen LogP contribution < -0.4 is 0 Å². The van der Waals surface area contributed by atoms with Crippen molar-refractivity contribution in [1.82, 2.24) is 4.90 Å². The fraction of sp³-hybridized carbons (Fsp3) is 0.308. The van der Waals surface area contributed by atoms with Gasteiger partial charge in [0.2, 0.25) is 0 Å². The summed E-state index contributed by atoms with van der Waals surface area (Å²) in [5, 5.41) is 1.93. The predicted molar refractivity (Wildman–Crippen MR) is 73.6 cm³/mol. The van der Waals surface area contributed by atoms with E-state index >= 15 is 0 Å². The van der Waals surface area contributed by atoms with Gasteiger partial charge in [0.05, 0.1) is 12.8 Å². The predicted octanol–water partition coefficient (Wildman–Crippen LogP) is 3.91. The largest absolute Gasteiger partial charge is 0.467 e. The molecule has 2 aromatic rings. The van der Waals surface area contributed by atoms with Gasteiger partial charge in [-0.15, -0.1) is 11.3 Å². The molecule has 3 nitrogen and oxygen atoms in total. The average molecular weight is 326 g/mol. The first kappa shape index (κ1) is 12.0. The molecule has 1 saturated carbocycles. The Hall–Kier alpha value is -1.07.